The van der Waals surface area contributed by atoms with E-state index in [-0.39, 0.29) is 0 Å². The molecule has 3 nitrogen and oxygen atoms in total. The topological polar surface area (TPSA) is 37.8 Å². The maximum atomic E-state index is 4.46. The molecule has 0 saturated carbocycles. The van der Waals surface area contributed by atoms with Gasteiger partial charge in [0.25, 0.3) is 0 Å². The number of aryl methyl sites for hydroxylation is 2. The fraction of sp³-hybridized carbons (Fsp3) is 0.250. The highest BCUT2D eigenvalue weighted by Gasteiger charge is 2.20. The summed E-state index contributed by atoms with van der Waals surface area (Å²) >= 11 is 1.83. The monoisotopic (exact) mass is 281 g/mol. The number of benzene rings is 1. The highest BCUT2D eigenvalue weighted by Crippen LogP contribution is 2.39. The van der Waals surface area contributed by atoms with Crippen LogP contribution in [0.4, 0.5) is 5.82 Å². The van der Waals surface area contributed by atoms with Crippen LogP contribution in [0.2, 0.25) is 0 Å². The molecule has 1 aromatic carbocycles. The SMILES string of the molecule is c1ccc(CNc2ncnc3sc4c(c23)CCC4)cc1. The molecule has 4 rings (SSSR count). The second-order valence-electron chi connectivity index (χ2n) is 5.10. The highest BCUT2D eigenvalue weighted by atomic mass is 32.1. The zero-order chi connectivity index (χ0) is 13.4. The van der Waals surface area contributed by atoms with Gasteiger partial charge in [0, 0.05) is 11.4 Å². The van der Waals surface area contributed by atoms with Crippen LogP contribution < -0.4 is 5.32 Å². The molecule has 1 aliphatic rings. The smallest absolute Gasteiger partial charge is 0.138 e. The molecular formula is C16H15N3S. The molecule has 0 unspecified atom stereocenters. The van der Waals surface area contributed by atoms with Gasteiger partial charge in [-0.1, -0.05) is 30.3 Å². The van der Waals surface area contributed by atoms with Gasteiger partial charge in [0.2, 0.25) is 0 Å². The summed E-state index contributed by atoms with van der Waals surface area (Å²) in [6.07, 6.45) is 5.31. The van der Waals surface area contributed by atoms with Gasteiger partial charge in [0.1, 0.15) is 17.0 Å². The van der Waals surface area contributed by atoms with E-state index < -0.39 is 0 Å². The van der Waals surface area contributed by atoms with Crippen LogP contribution in [0.25, 0.3) is 10.2 Å². The predicted molar refractivity (Wildman–Crippen MR) is 83.2 cm³/mol. The molecule has 3 aromatic rings. The number of nitrogens with one attached hydrogen (secondary N) is 1. The van der Waals surface area contributed by atoms with Crippen molar-refractivity contribution in [2.45, 2.75) is 25.8 Å². The molecule has 2 heterocycles. The minimum Gasteiger partial charge on any atom is -0.365 e. The van der Waals surface area contributed by atoms with Gasteiger partial charge in [0.15, 0.2) is 0 Å². The Bertz CT molecular complexity index is 749. The molecule has 0 bridgehead atoms. The molecule has 2 aromatic heterocycles. The standard InChI is InChI=1S/C16H15N3S/c1-2-5-11(6-3-1)9-17-15-14-12-7-4-8-13(12)20-16(14)19-10-18-15/h1-3,5-6,10H,4,7-9H2,(H,17,18,19). The first-order valence-electron chi connectivity index (χ1n) is 6.95. The van der Waals surface area contributed by atoms with Crippen LogP contribution in [0.1, 0.15) is 22.4 Å². The van der Waals surface area contributed by atoms with Crippen molar-refractivity contribution in [2.75, 3.05) is 5.32 Å². The Labute approximate surface area is 121 Å². The number of anilines is 1. The summed E-state index contributed by atoms with van der Waals surface area (Å²) in [6.45, 7) is 0.803. The fourth-order valence-electron chi connectivity index (χ4n) is 2.84. The first-order chi connectivity index (χ1) is 9.92. The summed E-state index contributed by atoms with van der Waals surface area (Å²) < 4.78 is 0. The van der Waals surface area contributed by atoms with Gasteiger partial charge in [-0.05, 0) is 30.4 Å². The second kappa shape index (κ2) is 4.87. The molecule has 0 radical (unpaired) electrons. The Balaban J connectivity index is 1.69. The molecule has 0 saturated heterocycles. The Morgan fingerprint density at radius 1 is 1.10 bits per heavy atom. The van der Waals surface area contributed by atoms with E-state index in [4.69, 9.17) is 0 Å². The van der Waals surface area contributed by atoms with E-state index in [2.05, 4.69) is 39.6 Å². The molecule has 0 spiro atoms. The summed E-state index contributed by atoms with van der Waals surface area (Å²) in [5, 5.41) is 4.73. The third-order valence-corrected chi connectivity index (χ3v) is 5.00. The van der Waals surface area contributed by atoms with Gasteiger partial charge < -0.3 is 5.32 Å². The zero-order valence-electron chi connectivity index (χ0n) is 11.1. The van der Waals surface area contributed by atoms with Crippen molar-refractivity contribution in [1.82, 2.24) is 9.97 Å². The molecule has 0 aliphatic heterocycles. The van der Waals surface area contributed by atoms with Gasteiger partial charge >= 0.3 is 0 Å². The number of fused-ring (bicyclic) bond motifs is 3. The summed E-state index contributed by atoms with van der Waals surface area (Å²) in [4.78, 5) is 11.5. The summed E-state index contributed by atoms with van der Waals surface area (Å²) in [5.74, 6) is 0.984. The molecule has 1 aliphatic carbocycles. The summed E-state index contributed by atoms with van der Waals surface area (Å²) in [7, 11) is 0. The minimum absolute atomic E-state index is 0.803. The lowest BCUT2D eigenvalue weighted by Crippen LogP contribution is -2.02. The third-order valence-electron chi connectivity index (χ3n) is 3.80. The summed E-state index contributed by atoms with van der Waals surface area (Å²) in [5.41, 5.74) is 2.74. The van der Waals surface area contributed by atoms with Crippen LogP contribution in [-0.2, 0) is 19.4 Å². The van der Waals surface area contributed by atoms with E-state index in [1.165, 1.54) is 40.7 Å². The zero-order valence-corrected chi connectivity index (χ0v) is 11.9. The largest absolute Gasteiger partial charge is 0.365 e. The van der Waals surface area contributed by atoms with Gasteiger partial charge in [-0.3, -0.25) is 0 Å². The number of hydrogen-bond acceptors (Lipinski definition) is 4. The van der Waals surface area contributed by atoms with Gasteiger partial charge in [0.05, 0.1) is 5.39 Å². The Kier molecular flexibility index (Phi) is 2.89. The number of nitrogens with zero attached hydrogens (tertiary/aromatic N) is 2. The quantitative estimate of drug-likeness (QED) is 0.793. The van der Waals surface area contributed by atoms with Crippen molar-refractivity contribution >= 4 is 27.4 Å². The van der Waals surface area contributed by atoms with Crippen molar-refractivity contribution in [3.05, 3.63) is 52.7 Å². The molecule has 0 fully saturated rings. The van der Waals surface area contributed by atoms with E-state index in [9.17, 15) is 0 Å². The lowest BCUT2D eigenvalue weighted by molar-refractivity contribution is 0.917. The van der Waals surface area contributed by atoms with Crippen molar-refractivity contribution in [3.63, 3.8) is 0 Å². The van der Waals surface area contributed by atoms with Crippen LogP contribution in [0, 0.1) is 0 Å². The lowest BCUT2D eigenvalue weighted by atomic mass is 10.2. The van der Waals surface area contributed by atoms with Gasteiger partial charge in [-0.15, -0.1) is 11.3 Å². The van der Waals surface area contributed by atoms with E-state index in [0.29, 0.717) is 0 Å². The molecule has 20 heavy (non-hydrogen) atoms. The average molecular weight is 281 g/mol. The number of hydrogen-bond donors (Lipinski definition) is 1. The van der Waals surface area contributed by atoms with E-state index in [1.807, 2.05) is 17.4 Å². The number of aromatic nitrogens is 2. The number of thiophene rings is 1. The van der Waals surface area contributed by atoms with Crippen molar-refractivity contribution in [3.8, 4) is 0 Å². The molecule has 0 amide bonds. The Morgan fingerprint density at radius 2 is 2.00 bits per heavy atom. The Hall–Kier alpha value is -1.94. The fourth-order valence-corrected chi connectivity index (χ4v) is 4.07. The minimum atomic E-state index is 0.803. The van der Waals surface area contributed by atoms with Crippen LogP contribution in [0.15, 0.2) is 36.7 Å². The van der Waals surface area contributed by atoms with Crippen LogP contribution >= 0.6 is 11.3 Å². The highest BCUT2D eigenvalue weighted by molar-refractivity contribution is 7.19. The van der Waals surface area contributed by atoms with Crippen LogP contribution in [0.3, 0.4) is 0 Å². The first kappa shape index (κ1) is 11.9. The molecule has 4 heteroatoms. The normalized spacial score (nSPS) is 13.6. The maximum absolute atomic E-state index is 4.46. The summed E-state index contributed by atoms with van der Waals surface area (Å²) in [6, 6.07) is 10.4. The van der Waals surface area contributed by atoms with E-state index in [0.717, 1.165) is 17.2 Å². The average Bonchev–Trinajstić information content (AvgIpc) is 3.06. The number of rotatable bonds is 3. The third kappa shape index (κ3) is 1.96. The van der Waals surface area contributed by atoms with Crippen molar-refractivity contribution in [2.24, 2.45) is 0 Å². The van der Waals surface area contributed by atoms with Crippen LogP contribution in [-0.4, -0.2) is 9.97 Å². The Morgan fingerprint density at radius 3 is 2.90 bits per heavy atom. The molecular weight excluding hydrogens is 266 g/mol. The lowest BCUT2D eigenvalue weighted by Gasteiger charge is -2.07. The van der Waals surface area contributed by atoms with Gasteiger partial charge in [-0.2, -0.15) is 0 Å². The maximum Gasteiger partial charge on any atom is 0.138 e. The second-order valence-corrected chi connectivity index (χ2v) is 6.18. The van der Waals surface area contributed by atoms with E-state index in [1.54, 1.807) is 6.33 Å². The molecule has 0 atom stereocenters. The van der Waals surface area contributed by atoms with E-state index >= 15 is 0 Å². The first-order valence-corrected chi connectivity index (χ1v) is 7.76. The predicted octanol–water partition coefficient (Wildman–Crippen LogP) is 3.79. The molecule has 1 N–H and O–H groups in total. The molecule has 100 valence electrons. The van der Waals surface area contributed by atoms with Crippen LogP contribution in [0.5, 0.6) is 0 Å². The van der Waals surface area contributed by atoms with Crippen molar-refractivity contribution < 1.29 is 0 Å². The van der Waals surface area contributed by atoms with Gasteiger partial charge in [-0.25, -0.2) is 9.97 Å². The van der Waals surface area contributed by atoms with Crippen molar-refractivity contribution in [1.29, 1.82) is 0 Å².